The molecule has 0 amide bonds. The van der Waals surface area contributed by atoms with Crippen LogP contribution in [-0.4, -0.2) is 23.2 Å². The lowest BCUT2D eigenvalue weighted by Gasteiger charge is -2.07. The van der Waals surface area contributed by atoms with E-state index in [1.807, 2.05) is 39.0 Å². The summed E-state index contributed by atoms with van der Waals surface area (Å²) < 4.78 is 24.4. The molecule has 2 aromatic rings. The minimum absolute atomic E-state index is 0.217. The van der Waals surface area contributed by atoms with Crippen LogP contribution in [0.25, 0.3) is 11.4 Å². The predicted molar refractivity (Wildman–Crippen MR) is 73.6 cm³/mol. The fourth-order valence-electron chi connectivity index (χ4n) is 2.07. The molecule has 1 aromatic heterocycles. The van der Waals surface area contributed by atoms with Gasteiger partial charge in [-0.15, -0.1) is 10.2 Å². The lowest BCUT2D eigenvalue weighted by atomic mass is 10.1. The summed E-state index contributed by atoms with van der Waals surface area (Å²) in [7, 11) is 1.46. The summed E-state index contributed by atoms with van der Waals surface area (Å²) in [6.45, 7) is 6.20. The lowest BCUT2D eigenvalue weighted by molar-refractivity contribution is 0.583. The van der Waals surface area contributed by atoms with E-state index in [0.29, 0.717) is 12.4 Å². The van der Waals surface area contributed by atoms with Gasteiger partial charge in [0.05, 0.1) is 0 Å². The summed E-state index contributed by atoms with van der Waals surface area (Å²) in [6, 6.07) is 5.91. The predicted octanol–water partition coefficient (Wildman–Crippen LogP) is 2.51. The molecule has 0 aliphatic rings. The van der Waals surface area contributed by atoms with Crippen molar-refractivity contribution < 1.29 is 8.42 Å². The number of rotatable bonds is 3. The van der Waals surface area contributed by atoms with Crippen LogP contribution in [0.3, 0.4) is 0 Å². The van der Waals surface area contributed by atoms with Gasteiger partial charge in [-0.3, -0.25) is 4.57 Å². The standard InChI is InChI=1S/C12H14ClN3O2S/c1-4-16-11(14-15-12(16)19(13,17)18)10-6-8(2)5-9(3)7-10/h5-7H,4H2,1-3H3. The Kier molecular flexibility index (Phi) is 3.64. The van der Waals surface area contributed by atoms with Gasteiger partial charge in [0.2, 0.25) is 0 Å². The molecule has 0 radical (unpaired) electrons. The Morgan fingerprint density at radius 1 is 1.16 bits per heavy atom. The van der Waals surface area contributed by atoms with Gasteiger partial charge < -0.3 is 0 Å². The van der Waals surface area contributed by atoms with E-state index in [1.54, 1.807) is 0 Å². The van der Waals surface area contributed by atoms with Gasteiger partial charge in [0.15, 0.2) is 5.82 Å². The Morgan fingerprint density at radius 3 is 2.21 bits per heavy atom. The van der Waals surface area contributed by atoms with Crippen molar-refractivity contribution in [3.8, 4) is 11.4 Å². The maximum absolute atomic E-state index is 11.4. The first kappa shape index (κ1) is 14.0. The van der Waals surface area contributed by atoms with Crippen LogP contribution in [0.2, 0.25) is 0 Å². The quantitative estimate of drug-likeness (QED) is 0.817. The van der Waals surface area contributed by atoms with E-state index in [4.69, 9.17) is 10.7 Å². The molecule has 7 heteroatoms. The van der Waals surface area contributed by atoms with Crippen LogP contribution in [0, 0.1) is 13.8 Å². The number of hydrogen-bond acceptors (Lipinski definition) is 4. The van der Waals surface area contributed by atoms with Crippen LogP contribution < -0.4 is 0 Å². The molecule has 102 valence electrons. The Bertz CT molecular complexity index is 702. The number of aryl methyl sites for hydroxylation is 2. The summed E-state index contributed by atoms with van der Waals surface area (Å²) in [6.07, 6.45) is 0. The zero-order valence-electron chi connectivity index (χ0n) is 10.9. The first-order valence-electron chi connectivity index (χ1n) is 5.79. The molecule has 0 aliphatic heterocycles. The van der Waals surface area contributed by atoms with Crippen molar-refractivity contribution in [1.82, 2.24) is 14.8 Å². The van der Waals surface area contributed by atoms with E-state index in [1.165, 1.54) is 4.57 Å². The average Bonchev–Trinajstić information content (AvgIpc) is 2.70. The van der Waals surface area contributed by atoms with Gasteiger partial charge in [-0.2, -0.15) is 0 Å². The van der Waals surface area contributed by atoms with Crippen LogP contribution in [0.1, 0.15) is 18.1 Å². The van der Waals surface area contributed by atoms with E-state index >= 15 is 0 Å². The Balaban J connectivity index is 2.67. The third kappa shape index (κ3) is 2.79. The van der Waals surface area contributed by atoms with Crippen molar-refractivity contribution in [3.63, 3.8) is 0 Å². The highest BCUT2D eigenvalue weighted by molar-refractivity contribution is 8.13. The smallest absolute Gasteiger partial charge is 0.296 e. The summed E-state index contributed by atoms with van der Waals surface area (Å²) in [5, 5.41) is 7.43. The Morgan fingerprint density at radius 2 is 1.74 bits per heavy atom. The second kappa shape index (κ2) is 4.94. The number of aromatic nitrogens is 3. The summed E-state index contributed by atoms with van der Waals surface area (Å²) in [4.78, 5) is 0. The first-order valence-corrected chi connectivity index (χ1v) is 8.10. The molecule has 5 nitrogen and oxygen atoms in total. The van der Waals surface area contributed by atoms with Gasteiger partial charge in [0.25, 0.3) is 14.2 Å². The second-order valence-corrected chi connectivity index (χ2v) is 6.82. The highest BCUT2D eigenvalue weighted by Gasteiger charge is 2.22. The van der Waals surface area contributed by atoms with Crippen LogP contribution in [0.15, 0.2) is 23.4 Å². The maximum Gasteiger partial charge on any atom is 0.296 e. The van der Waals surface area contributed by atoms with Crippen LogP contribution in [0.4, 0.5) is 0 Å². The van der Waals surface area contributed by atoms with E-state index < -0.39 is 9.05 Å². The molecule has 0 bridgehead atoms. The molecular weight excluding hydrogens is 286 g/mol. The van der Waals surface area contributed by atoms with E-state index in [-0.39, 0.29) is 5.16 Å². The Hall–Kier alpha value is -1.40. The molecule has 0 saturated carbocycles. The van der Waals surface area contributed by atoms with Crippen molar-refractivity contribution in [2.45, 2.75) is 32.5 Å². The minimum Gasteiger partial charge on any atom is -0.297 e. The first-order chi connectivity index (χ1) is 8.82. The molecule has 0 saturated heterocycles. The van der Waals surface area contributed by atoms with E-state index in [9.17, 15) is 8.42 Å². The van der Waals surface area contributed by atoms with Gasteiger partial charge in [0.1, 0.15) is 0 Å². The highest BCUT2D eigenvalue weighted by Crippen LogP contribution is 2.24. The molecule has 0 unspecified atom stereocenters. The third-order valence-corrected chi connectivity index (χ3v) is 3.88. The van der Waals surface area contributed by atoms with E-state index in [0.717, 1.165) is 16.7 Å². The van der Waals surface area contributed by atoms with Crippen molar-refractivity contribution in [2.75, 3.05) is 0 Å². The molecule has 1 heterocycles. The molecule has 0 N–H and O–H groups in total. The van der Waals surface area contributed by atoms with Gasteiger partial charge in [0, 0.05) is 22.8 Å². The monoisotopic (exact) mass is 299 g/mol. The van der Waals surface area contributed by atoms with Gasteiger partial charge in [-0.05, 0) is 32.9 Å². The molecule has 0 aliphatic carbocycles. The molecule has 0 fully saturated rings. The lowest BCUT2D eigenvalue weighted by Crippen LogP contribution is -2.06. The topological polar surface area (TPSA) is 64.8 Å². The third-order valence-electron chi connectivity index (χ3n) is 2.73. The molecule has 0 spiro atoms. The summed E-state index contributed by atoms with van der Waals surface area (Å²) >= 11 is 0. The fraction of sp³-hybridized carbons (Fsp3) is 0.333. The highest BCUT2D eigenvalue weighted by atomic mass is 35.7. The SMILES string of the molecule is CCn1c(-c2cc(C)cc(C)c2)nnc1S(=O)(=O)Cl. The number of hydrogen-bond donors (Lipinski definition) is 0. The van der Waals surface area contributed by atoms with Crippen molar-refractivity contribution >= 4 is 19.7 Å². The van der Waals surface area contributed by atoms with Crippen LogP contribution >= 0.6 is 10.7 Å². The fourth-order valence-corrected chi connectivity index (χ4v) is 3.03. The van der Waals surface area contributed by atoms with Crippen molar-refractivity contribution in [2.24, 2.45) is 0 Å². The summed E-state index contributed by atoms with van der Waals surface area (Å²) in [5.41, 5.74) is 2.99. The zero-order chi connectivity index (χ0) is 14.2. The minimum atomic E-state index is -3.89. The van der Waals surface area contributed by atoms with Crippen LogP contribution in [-0.2, 0) is 15.6 Å². The maximum atomic E-state index is 11.4. The number of nitrogens with zero attached hydrogens (tertiary/aromatic N) is 3. The second-order valence-electron chi connectivity index (χ2n) is 4.36. The van der Waals surface area contributed by atoms with E-state index in [2.05, 4.69) is 10.2 Å². The van der Waals surface area contributed by atoms with Gasteiger partial charge in [-0.25, -0.2) is 8.42 Å². The molecular formula is C12H14ClN3O2S. The van der Waals surface area contributed by atoms with Gasteiger partial charge >= 0.3 is 0 Å². The molecule has 2 rings (SSSR count). The molecule has 1 aromatic carbocycles. The zero-order valence-corrected chi connectivity index (χ0v) is 12.5. The van der Waals surface area contributed by atoms with Crippen molar-refractivity contribution in [3.05, 3.63) is 29.3 Å². The largest absolute Gasteiger partial charge is 0.297 e. The number of halogens is 1. The molecule has 19 heavy (non-hydrogen) atoms. The Labute approximate surface area is 116 Å². The number of benzene rings is 1. The summed E-state index contributed by atoms with van der Waals surface area (Å²) in [5.74, 6) is 0.508. The normalized spacial score (nSPS) is 11.8. The average molecular weight is 300 g/mol. The van der Waals surface area contributed by atoms with Crippen molar-refractivity contribution in [1.29, 1.82) is 0 Å². The molecule has 0 atom stereocenters. The van der Waals surface area contributed by atoms with Crippen LogP contribution in [0.5, 0.6) is 0 Å². The van der Waals surface area contributed by atoms with Gasteiger partial charge in [-0.1, -0.05) is 17.2 Å².